The van der Waals surface area contributed by atoms with Crippen molar-refractivity contribution in [3.05, 3.63) is 66.2 Å². The molecule has 0 aromatic heterocycles. The van der Waals surface area contributed by atoms with Crippen LogP contribution in [0.5, 0.6) is 5.75 Å². The van der Waals surface area contributed by atoms with Crippen molar-refractivity contribution in [2.24, 2.45) is 5.41 Å². The fourth-order valence-corrected chi connectivity index (χ4v) is 5.17. The van der Waals surface area contributed by atoms with Gasteiger partial charge in [-0.3, -0.25) is 9.59 Å². The van der Waals surface area contributed by atoms with Gasteiger partial charge in [-0.2, -0.15) is 0 Å². The molecule has 0 N–H and O–H groups in total. The predicted molar refractivity (Wildman–Crippen MR) is 132 cm³/mol. The lowest BCUT2D eigenvalue weighted by Gasteiger charge is -2.44. The number of rotatable bonds is 8. The Morgan fingerprint density at radius 2 is 1.65 bits per heavy atom. The second kappa shape index (κ2) is 11.5. The topological polar surface area (TPSA) is 59.1 Å². The van der Waals surface area contributed by atoms with Crippen LogP contribution < -0.4 is 4.74 Å². The molecule has 0 aliphatic carbocycles. The maximum atomic E-state index is 13.7. The summed E-state index contributed by atoms with van der Waals surface area (Å²) in [6.45, 7) is 6.16. The molecule has 0 radical (unpaired) electrons. The van der Waals surface area contributed by atoms with Crippen molar-refractivity contribution in [1.29, 1.82) is 0 Å². The summed E-state index contributed by atoms with van der Waals surface area (Å²) in [5.74, 6) is 0.905. The summed E-state index contributed by atoms with van der Waals surface area (Å²) in [4.78, 5) is 30.8. The summed E-state index contributed by atoms with van der Waals surface area (Å²) >= 11 is 0. The molecule has 2 aliphatic rings. The fourth-order valence-electron chi connectivity index (χ4n) is 5.17. The van der Waals surface area contributed by atoms with Crippen LogP contribution >= 0.6 is 0 Å². The van der Waals surface area contributed by atoms with Crippen LogP contribution in [-0.4, -0.2) is 67.6 Å². The molecule has 0 unspecified atom stereocenters. The lowest BCUT2D eigenvalue weighted by molar-refractivity contribution is -0.144. The van der Waals surface area contributed by atoms with Crippen LogP contribution in [0.25, 0.3) is 0 Å². The van der Waals surface area contributed by atoms with E-state index in [-0.39, 0.29) is 17.7 Å². The third kappa shape index (κ3) is 5.98. The highest BCUT2D eigenvalue weighted by Crippen LogP contribution is 2.37. The quantitative estimate of drug-likeness (QED) is 0.590. The normalized spacial score (nSPS) is 21.7. The molecule has 2 saturated heterocycles. The molecule has 2 atom stereocenters. The zero-order valence-electron chi connectivity index (χ0n) is 20.2. The van der Waals surface area contributed by atoms with E-state index < -0.39 is 5.41 Å². The van der Waals surface area contributed by atoms with Gasteiger partial charge in [0.15, 0.2) is 0 Å². The average molecular weight is 465 g/mol. The van der Waals surface area contributed by atoms with E-state index in [1.807, 2.05) is 70.5 Å². The van der Waals surface area contributed by atoms with E-state index in [1.54, 1.807) is 0 Å². The highest BCUT2D eigenvalue weighted by molar-refractivity contribution is 5.84. The highest BCUT2D eigenvalue weighted by Gasteiger charge is 2.42. The summed E-state index contributed by atoms with van der Waals surface area (Å²) in [5.41, 5.74) is 0.643. The molecule has 2 aromatic rings. The third-order valence-electron chi connectivity index (χ3n) is 7.06. The van der Waals surface area contributed by atoms with Crippen LogP contribution in [0.3, 0.4) is 0 Å². The Hall–Kier alpha value is -2.86. The first kappa shape index (κ1) is 24.3. The highest BCUT2D eigenvalue weighted by atomic mass is 16.5. The maximum Gasteiger partial charge on any atom is 0.230 e. The minimum atomic E-state index is -0.409. The van der Waals surface area contributed by atoms with Crippen molar-refractivity contribution in [2.75, 3.05) is 46.0 Å². The van der Waals surface area contributed by atoms with Crippen LogP contribution in [0.2, 0.25) is 0 Å². The molecule has 0 spiro atoms. The van der Waals surface area contributed by atoms with Gasteiger partial charge in [0, 0.05) is 38.0 Å². The first-order valence-corrected chi connectivity index (χ1v) is 12.5. The predicted octanol–water partition coefficient (Wildman–Crippen LogP) is 4.12. The molecule has 182 valence electrons. The lowest BCUT2D eigenvalue weighted by atomic mass is 9.76. The van der Waals surface area contributed by atoms with Crippen molar-refractivity contribution in [2.45, 2.75) is 38.5 Å². The Balaban J connectivity index is 1.52. The van der Waals surface area contributed by atoms with Gasteiger partial charge >= 0.3 is 0 Å². The molecule has 6 nitrogen and oxygen atoms in total. The van der Waals surface area contributed by atoms with Crippen molar-refractivity contribution in [3.8, 4) is 5.75 Å². The van der Waals surface area contributed by atoms with Crippen LogP contribution in [0.15, 0.2) is 60.7 Å². The summed E-state index contributed by atoms with van der Waals surface area (Å²) < 4.78 is 11.6. The number of carbonyl (C=O) groups excluding carboxylic acids is 2. The lowest BCUT2D eigenvalue weighted by Crippen LogP contribution is -2.52. The number of likely N-dealkylation sites (tertiary alicyclic amines) is 1. The molecule has 34 heavy (non-hydrogen) atoms. The Kier molecular flexibility index (Phi) is 8.22. The number of amides is 2. The second-order valence-corrected chi connectivity index (χ2v) is 9.51. The monoisotopic (exact) mass is 464 g/mol. The number of hydrogen-bond donors (Lipinski definition) is 0. The average Bonchev–Trinajstić information content (AvgIpc) is 2.90. The minimum Gasteiger partial charge on any atom is -0.493 e. The van der Waals surface area contributed by atoms with Gasteiger partial charge in [0.05, 0.1) is 25.7 Å². The summed E-state index contributed by atoms with van der Waals surface area (Å²) in [5, 5.41) is 0. The van der Waals surface area contributed by atoms with Gasteiger partial charge < -0.3 is 19.3 Å². The molecule has 2 fully saturated rings. The van der Waals surface area contributed by atoms with E-state index >= 15 is 0 Å². The summed E-state index contributed by atoms with van der Waals surface area (Å²) in [7, 11) is 0. The molecule has 2 amide bonds. The van der Waals surface area contributed by atoms with Gasteiger partial charge in [0.1, 0.15) is 5.75 Å². The number of morpholine rings is 1. The fraction of sp³-hybridized carbons (Fsp3) is 0.500. The van der Waals surface area contributed by atoms with Crippen LogP contribution in [0.4, 0.5) is 0 Å². The largest absolute Gasteiger partial charge is 0.493 e. The molecule has 2 aromatic carbocycles. The number of nitrogens with zero attached hydrogens (tertiary/aromatic N) is 2. The molecular weight excluding hydrogens is 428 g/mol. The summed E-state index contributed by atoms with van der Waals surface area (Å²) in [6.07, 6.45) is 2.86. The number of ether oxygens (including phenoxy) is 2. The van der Waals surface area contributed by atoms with Gasteiger partial charge in [-0.1, -0.05) is 55.5 Å². The van der Waals surface area contributed by atoms with Gasteiger partial charge in [0.25, 0.3) is 0 Å². The molecule has 4 rings (SSSR count). The minimum absolute atomic E-state index is 0.129. The molecule has 2 heterocycles. The van der Waals surface area contributed by atoms with Crippen molar-refractivity contribution >= 4 is 11.8 Å². The molecular formula is C28H36N2O4. The van der Waals surface area contributed by atoms with Crippen LogP contribution in [0, 0.1) is 5.41 Å². The Morgan fingerprint density at radius 3 is 2.32 bits per heavy atom. The maximum absolute atomic E-state index is 13.7. The van der Waals surface area contributed by atoms with Gasteiger partial charge in [-0.15, -0.1) is 0 Å². The Labute approximate surface area is 202 Å². The first-order valence-electron chi connectivity index (χ1n) is 12.5. The Morgan fingerprint density at radius 1 is 0.971 bits per heavy atom. The van der Waals surface area contributed by atoms with E-state index in [9.17, 15) is 9.59 Å². The molecule has 6 heteroatoms. The first-order chi connectivity index (χ1) is 16.6. The van der Waals surface area contributed by atoms with Crippen molar-refractivity contribution in [3.63, 3.8) is 0 Å². The van der Waals surface area contributed by atoms with Crippen molar-refractivity contribution < 1.29 is 19.1 Å². The van der Waals surface area contributed by atoms with Crippen LogP contribution in [-0.2, 0) is 14.3 Å². The molecule has 0 saturated carbocycles. The number of para-hydroxylation sites is 1. The third-order valence-corrected chi connectivity index (χ3v) is 7.06. The van der Waals surface area contributed by atoms with E-state index in [2.05, 4.69) is 6.92 Å². The number of hydrogen-bond acceptors (Lipinski definition) is 4. The van der Waals surface area contributed by atoms with E-state index in [0.29, 0.717) is 45.9 Å². The van der Waals surface area contributed by atoms with Crippen molar-refractivity contribution in [1.82, 2.24) is 9.80 Å². The van der Waals surface area contributed by atoms with Gasteiger partial charge in [0.2, 0.25) is 11.8 Å². The number of carbonyl (C=O) groups is 2. The number of benzene rings is 2. The van der Waals surface area contributed by atoms with Crippen LogP contribution in [0.1, 0.15) is 44.1 Å². The standard InChI is InChI=1S/C28H36N2O4/c1-2-25(23-10-5-3-6-11-23)27(32)30-15-9-14-28(21-30,22-34-24-12-7-4-8-13-24)20-26(31)29-16-18-33-19-17-29/h3-8,10-13,25H,2,9,14-22H2,1H3/t25-,28+/m0/s1. The zero-order chi connectivity index (χ0) is 23.8. The van der Waals surface area contributed by atoms with E-state index in [4.69, 9.17) is 9.47 Å². The van der Waals surface area contributed by atoms with E-state index in [0.717, 1.165) is 37.1 Å². The molecule has 0 bridgehead atoms. The SMILES string of the molecule is CC[C@H](C(=O)N1CCC[C@@](COc2ccccc2)(CC(=O)N2CCOCC2)C1)c1ccccc1. The smallest absolute Gasteiger partial charge is 0.230 e. The number of piperidine rings is 1. The zero-order valence-corrected chi connectivity index (χ0v) is 20.2. The Bertz CT molecular complexity index is 930. The molecule has 2 aliphatic heterocycles. The van der Waals surface area contributed by atoms with Gasteiger partial charge in [-0.25, -0.2) is 0 Å². The summed E-state index contributed by atoms with van der Waals surface area (Å²) in [6, 6.07) is 19.7. The van der Waals surface area contributed by atoms with E-state index in [1.165, 1.54) is 0 Å². The van der Waals surface area contributed by atoms with Gasteiger partial charge in [-0.05, 0) is 37.0 Å². The second-order valence-electron chi connectivity index (χ2n) is 9.51.